The molecule has 19 heavy (non-hydrogen) atoms. The quantitative estimate of drug-likeness (QED) is 0.836. The number of rotatable bonds is 5. The van der Waals surface area contributed by atoms with Crippen LogP contribution in [0.4, 0.5) is 13.2 Å². The maximum absolute atomic E-state index is 12.3. The number of carbonyl (C=O) groups excluding carboxylic acids is 1. The maximum atomic E-state index is 12.3. The number of hydrogen-bond acceptors (Lipinski definition) is 4. The van der Waals surface area contributed by atoms with E-state index >= 15 is 0 Å². The smallest absolute Gasteiger partial charge is 0.401 e. The van der Waals surface area contributed by atoms with Crippen LogP contribution >= 0.6 is 0 Å². The summed E-state index contributed by atoms with van der Waals surface area (Å²) >= 11 is 0. The van der Waals surface area contributed by atoms with E-state index in [1.807, 2.05) is 0 Å². The highest BCUT2D eigenvalue weighted by Crippen LogP contribution is 2.24. The Kier molecular flexibility index (Phi) is 4.88. The van der Waals surface area contributed by atoms with Gasteiger partial charge in [-0.25, -0.2) is 4.79 Å². The van der Waals surface area contributed by atoms with Gasteiger partial charge in [-0.05, 0) is 19.9 Å². The largest absolute Gasteiger partial charge is 0.464 e. The SMILES string of the molecule is CCOC(=O)C(C)(NCC(F)(F)F)c1cccnc1. The number of halogens is 3. The second kappa shape index (κ2) is 6.01. The monoisotopic (exact) mass is 276 g/mol. The average molecular weight is 276 g/mol. The minimum atomic E-state index is -4.42. The summed E-state index contributed by atoms with van der Waals surface area (Å²) in [5.74, 6) is -0.771. The normalized spacial score (nSPS) is 14.8. The zero-order chi connectivity index (χ0) is 14.5. The first-order valence-electron chi connectivity index (χ1n) is 5.69. The molecule has 0 aromatic carbocycles. The number of esters is 1. The highest BCUT2D eigenvalue weighted by Gasteiger charge is 2.40. The highest BCUT2D eigenvalue weighted by atomic mass is 19.4. The molecular weight excluding hydrogens is 261 g/mol. The molecule has 0 fully saturated rings. The predicted octanol–water partition coefficient (Wildman–Crippen LogP) is 2.01. The number of nitrogens with zero attached hydrogens (tertiary/aromatic N) is 1. The van der Waals surface area contributed by atoms with Gasteiger partial charge in [-0.3, -0.25) is 10.3 Å². The Hall–Kier alpha value is -1.63. The van der Waals surface area contributed by atoms with Crippen LogP contribution in [0.3, 0.4) is 0 Å². The van der Waals surface area contributed by atoms with Crippen molar-refractivity contribution in [3.63, 3.8) is 0 Å². The standard InChI is InChI=1S/C12H15F3N2O2/c1-3-19-10(18)11(2,17-8-12(13,14)15)9-5-4-6-16-7-9/h4-7,17H,3,8H2,1-2H3. The first kappa shape index (κ1) is 15.4. The summed E-state index contributed by atoms with van der Waals surface area (Å²) in [7, 11) is 0. The molecule has 0 spiro atoms. The molecule has 0 saturated carbocycles. The van der Waals surface area contributed by atoms with Crippen LogP contribution in [-0.2, 0) is 15.1 Å². The first-order chi connectivity index (χ1) is 8.79. The van der Waals surface area contributed by atoms with Gasteiger partial charge in [0, 0.05) is 18.0 Å². The molecule has 0 aliphatic carbocycles. The van der Waals surface area contributed by atoms with E-state index in [9.17, 15) is 18.0 Å². The molecule has 1 aromatic rings. The second-order valence-electron chi connectivity index (χ2n) is 4.06. The molecule has 1 aromatic heterocycles. The molecule has 1 atom stereocenters. The van der Waals surface area contributed by atoms with Crippen molar-refractivity contribution in [3.05, 3.63) is 30.1 Å². The van der Waals surface area contributed by atoms with Crippen molar-refractivity contribution < 1.29 is 22.7 Å². The van der Waals surface area contributed by atoms with Gasteiger partial charge in [0.15, 0.2) is 0 Å². The van der Waals surface area contributed by atoms with Crippen molar-refractivity contribution in [1.82, 2.24) is 10.3 Å². The van der Waals surface area contributed by atoms with E-state index in [0.29, 0.717) is 5.56 Å². The minimum absolute atomic E-state index is 0.0857. The summed E-state index contributed by atoms with van der Waals surface area (Å²) in [6, 6.07) is 3.06. The van der Waals surface area contributed by atoms with Gasteiger partial charge >= 0.3 is 12.1 Å². The van der Waals surface area contributed by atoms with E-state index in [1.165, 1.54) is 25.4 Å². The summed E-state index contributed by atoms with van der Waals surface area (Å²) in [4.78, 5) is 15.7. The van der Waals surface area contributed by atoms with E-state index in [-0.39, 0.29) is 6.61 Å². The number of alkyl halides is 3. The zero-order valence-corrected chi connectivity index (χ0v) is 10.6. The van der Waals surface area contributed by atoms with Gasteiger partial charge in [0.2, 0.25) is 0 Å². The summed E-state index contributed by atoms with van der Waals surface area (Å²) < 4.78 is 41.8. The summed E-state index contributed by atoms with van der Waals surface area (Å²) in [5, 5.41) is 2.20. The van der Waals surface area contributed by atoms with Crippen LogP contribution in [-0.4, -0.2) is 30.3 Å². The van der Waals surface area contributed by atoms with Gasteiger partial charge in [-0.2, -0.15) is 13.2 Å². The molecule has 4 nitrogen and oxygen atoms in total. The Morgan fingerprint density at radius 3 is 2.63 bits per heavy atom. The van der Waals surface area contributed by atoms with Gasteiger partial charge in [0.05, 0.1) is 13.2 Å². The van der Waals surface area contributed by atoms with E-state index in [1.54, 1.807) is 13.0 Å². The topological polar surface area (TPSA) is 51.2 Å². The molecule has 0 amide bonds. The lowest BCUT2D eigenvalue weighted by Gasteiger charge is -2.29. The Morgan fingerprint density at radius 1 is 1.47 bits per heavy atom. The van der Waals surface area contributed by atoms with E-state index in [2.05, 4.69) is 10.3 Å². The van der Waals surface area contributed by atoms with Gasteiger partial charge in [-0.1, -0.05) is 6.07 Å². The van der Waals surface area contributed by atoms with E-state index < -0.39 is 24.2 Å². The molecule has 0 saturated heterocycles. The maximum Gasteiger partial charge on any atom is 0.401 e. The fourth-order valence-corrected chi connectivity index (χ4v) is 1.50. The molecule has 1 unspecified atom stereocenters. The molecule has 1 heterocycles. The van der Waals surface area contributed by atoms with Crippen molar-refractivity contribution >= 4 is 5.97 Å². The minimum Gasteiger partial charge on any atom is -0.464 e. The first-order valence-corrected chi connectivity index (χ1v) is 5.69. The molecule has 0 aliphatic heterocycles. The predicted molar refractivity (Wildman–Crippen MR) is 62.3 cm³/mol. The summed E-state index contributed by atoms with van der Waals surface area (Å²) in [5.41, 5.74) is -1.27. The number of ether oxygens (including phenoxy) is 1. The molecule has 0 bridgehead atoms. The van der Waals surface area contributed by atoms with Crippen LogP contribution in [0.2, 0.25) is 0 Å². The Labute approximate surface area is 109 Å². The lowest BCUT2D eigenvalue weighted by Crippen LogP contribution is -2.50. The second-order valence-corrected chi connectivity index (χ2v) is 4.06. The lowest BCUT2D eigenvalue weighted by molar-refractivity contribution is -0.155. The van der Waals surface area contributed by atoms with Crippen LogP contribution < -0.4 is 5.32 Å². The molecule has 0 aliphatic rings. The van der Waals surface area contributed by atoms with Crippen molar-refractivity contribution in [2.45, 2.75) is 25.6 Å². The molecule has 1 rings (SSSR count). The fraction of sp³-hybridized carbons (Fsp3) is 0.500. The van der Waals surface area contributed by atoms with Gasteiger partial charge < -0.3 is 4.74 Å². The van der Waals surface area contributed by atoms with Gasteiger partial charge in [-0.15, -0.1) is 0 Å². The van der Waals surface area contributed by atoms with Crippen molar-refractivity contribution in [2.75, 3.05) is 13.2 Å². The number of carbonyl (C=O) groups is 1. The number of pyridine rings is 1. The van der Waals surface area contributed by atoms with Gasteiger partial charge in [0.1, 0.15) is 5.54 Å². The Bertz CT molecular complexity index is 423. The van der Waals surface area contributed by atoms with Crippen LogP contribution in [0.15, 0.2) is 24.5 Å². The van der Waals surface area contributed by atoms with Crippen LogP contribution in [0.5, 0.6) is 0 Å². The third-order valence-corrected chi connectivity index (χ3v) is 2.56. The third-order valence-electron chi connectivity index (χ3n) is 2.56. The van der Waals surface area contributed by atoms with E-state index in [0.717, 1.165) is 0 Å². The number of hydrogen-bond donors (Lipinski definition) is 1. The van der Waals surface area contributed by atoms with Crippen LogP contribution in [0.1, 0.15) is 19.4 Å². The Balaban J connectivity index is 3.00. The third kappa shape index (κ3) is 4.20. The van der Waals surface area contributed by atoms with Crippen molar-refractivity contribution in [3.8, 4) is 0 Å². The molecule has 1 N–H and O–H groups in total. The van der Waals surface area contributed by atoms with Crippen molar-refractivity contribution in [1.29, 1.82) is 0 Å². The summed E-state index contributed by atoms with van der Waals surface area (Å²) in [6.07, 6.45) is -1.62. The van der Waals surface area contributed by atoms with Crippen LogP contribution in [0.25, 0.3) is 0 Å². The zero-order valence-electron chi connectivity index (χ0n) is 10.6. The lowest BCUT2D eigenvalue weighted by atomic mass is 9.93. The average Bonchev–Trinajstić information content (AvgIpc) is 2.36. The molecular formula is C12H15F3N2O2. The van der Waals surface area contributed by atoms with Crippen molar-refractivity contribution in [2.24, 2.45) is 0 Å². The molecule has 0 radical (unpaired) electrons. The molecule has 106 valence electrons. The number of aromatic nitrogens is 1. The highest BCUT2D eigenvalue weighted by molar-refractivity contribution is 5.82. The summed E-state index contributed by atoms with van der Waals surface area (Å²) in [6.45, 7) is 1.72. The van der Waals surface area contributed by atoms with E-state index in [4.69, 9.17) is 4.74 Å². The number of nitrogens with one attached hydrogen (secondary N) is 1. The molecule has 7 heteroatoms. The van der Waals surface area contributed by atoms with Crippen LogP contribution in [0, 0.1) is 0 Å². The Morgan fingerprint density at radius 2 is 2.16 bits per heavy atom. The van der Waals surface area contributed by atoms with Gasteiger partial charge in [0.25, 0.3) is 0 Å². The fourth-order valence-electron chi connectivity index (χ4n) is 1.50.